The molecule has 0 aliphatic carbocycles. The average molecular weight is 263 g/mol. The first kappa shape index (κ1) is 13.8. The topological polar surface area (TPSA) is 72.4 Å². The molecule has 0 radical (unpaired) electrons. The molecule has 104 valence electrons. The number of piperidine rings is 1. The van der Waals surface area contributed by atoms with Crippen LogP contribution in [-0.2, 0) is 6.54 Å². The number of para-hydroxylation sites is 1. The number of hydrogen-bond acceptors (Lipinski definition) is 4. The second-order valence-electron chi connectivity index (χ2n) is 5.56. The van der Waals surface area contributed by atoms with E-state index in [-0.39, 0.29) is 5.69 Å². The molecule has 5 nitrogen and oxygen atoms in total. The quantitative estimate of drug-likeness (QED) is 0.517. The van der Waals surface area contributed by atoms with Gasteiger partial charge in [0.05, 0.1) is 4.92 Å². The molecule has 1 heterocycles. The van der Waals surface area contributed by atoms with Gasteiger partial charge in [0.1, 0.15) is 5.69 Å². The van der Waals surface area contributed by atoms with Gasteiger partial charge in [0.15, 0.2) is 0 Å². The molecule has 2 atom stereocenters. The van der Waals surface area contributed by atoms with Crippen molar-refractivity contribution in [1.29, 1.82) is 0 Å². The van der Waals surface area contributed by atoms with Gasteiger partial charge >= 0.3 is 0 Å². The number of nitro benzene ring substituents is 1. The van der Waals surface area contributed by atoms with Crippen LogP contribution < -0.4 is 5.73 Å². The summed E-state index contributed by atoms with van der Waals surface area (Å²) in [6.45, 7) is 6.21. The summed E-state index contributed by atoms with van der Waals surface area (Å²) in [5, 5.41) is 10.9. The highest BCUT2D eigenvalue weighted by atomic mass is 16.6. The Balaban J connectivity index is 2.15. The second-order valence-corrected chi connectivity index (χ2v) is 5.56. The third-order valence-electron chi connectivity index (χ3n) is 4.02. The third kappa shape index (κ3) is 3.04. The maximum atomic E-state index is 10.9. The Bertz CT molecular complexity index is 476. The standard InChI is InChI=1S/C14H21N3O2/c1-10-6-7-16(11(2)8-10)9-12-4-3-5-13(14(12)15)17(18)19/h3-5,10-11H,6-9,15H2,1-2H3. The lowest BCUT2D eigenvalue weighted by atomic mass is 9.93. The first-order chi connectivity index (χ1) is 8.99. The molecule has 1 aromatic carbocycles. The molecule has 2 rings (SSSR count). The molecule has 1 aromatic rings. The minimum atomic E-state index is -0.416. The van der Waals surface area contributed by atoms with E-state index >= 15 is 0 Å². The molecule has 0 bridgehead atoms. The number of anilines is 1. The van der Waals surface area contributed by atoms with E-state index in [4.69, 9.17) is 5.73 Å². The minimum absolute atomic E-state index is 0.00975. The largest absolute Gasteiger partial charge is 0.393 e. The van der Waals surface area contributed by atoms with Crippen LogP contribution in [0.15, 0.2) is 18.2 Å². The van der Waals surface area contributed by atoms with E-state index in [1.807, 2.05) is 6.07 Å². The van der Waals surface area contributed by atoms with Gasteiger partial charge in [0.25, 0.3) is 5.69 Å². The van der Waals surface area contributed by atoms with Gasteiger partial charge < -0.3 is 5.73 Å². The van der Waals surface area contributed by atoms with Crippen LogP contribution in [0, 0.1) is 16.0 Å². The molecule has 0 spiro atoms. The highest BCUT2D eigenvalue weighted by molar-refractivity contribution is 5.62. The summed E-state index contributed by atoms with van der Waals surface area (Å²) in [5.74, 6) is 0.758. The molecular formula is C14H21N3O2. The Hall–Kier alpha value is -1.62. The van der Waals surface area contributed by atoms with E-state index in [9.17, 15) is 10.1 Å². The van der Waals surface area contributed by atoms with E-state index in [1.165, 1.54) is 18.9 Å². The Morgan fingerprint density at radius 2 is 2.21 bits per heavy atom. The predicted molar refractivity (Wildman–Crippen MR) is 75.8 cm³/mol. The van der Waals surface area contributed by atoms with Crippen LogP contribution in [0.4, 0.5) is 11.4 Å². The smallest absolute Gasteiger partial charge is 0.292 e. The van der Waals surface area contributed by atoms with Gasteiger partial charge in [-0.05, 0) is 37.8 Å². The lowest BCUT2D eigenvalue weighted by Gasteiger charge is -2.36. The fourth-order valence-corrected chi connectivity index (χ4v) is 2.81. The molecule has 5 heteroatoms. The minimum Gasteiger partial charge on any atom is -0.393 e. The number of likely N-dealkylation sites (tertiary alicyclic amines) is 1. The van der Waals surface area contributed by atoms with Crippen LogP contribution in [0.2, 0.25) is 0 Å². The van der Waals surface area contributed by atoms with E-state index < -0.39 is 4.92 Å². The number of nitrogens with two attached hydrogens (primary N) is 1. The van der Waals surface area contributed by atoms with Crippen LogP contribution in [-0.4, -0.2) is 22.4 Å². The van der Waals surface area contributed by atoms with Gasteiger partial charge in [-0.15, -0.1) is 0 Å². The Kier molecular flexibility index (Phi) is 4.04. The zero-order chi connectivity index (χ0) is 14.0. The molecule has 1 fully saturated rings. The van der Waals surface area contributed by atoms with Crippen LogP contribution in [0.5, 0.6) is 0 Å². The molecule has 2 unspecified atom stereocenters. The lowest BCUT2D eigenvalue weighted by molar-refractivity contribution is -0.384. The Morgan fingerprint density at radius 3 is 2.84 bits per heavy atom. The van der Waals surface area contributed by atoms with Crippen LogP contribution in [0.1, 0.15) is 32.3 Å². The van der Waals surface area contributed by atoms with Crippen molar-refractivity contribution >= 4 is 11.4 Å². The molecule has 1 aliphatic heterocycles. The van der Waals surface area contributed by atoms with Crippen molar-refractivity contribution in [2.45, 2.75) is 39.3 Å². The van der Waals surface area contributed by atoms with Crippen molar-refractivity contribution in [3.63, 3.8) is 0 Å². The number of hydrogen-bond donors (Lipinski definition) is 1. The highest BCUT2D eigenvalue weighted by Gasteiger charge is 2.24. The number of nitrogen functional groups attached to an aromatic ring is 1. The van der Waals surface area contributed by atoms with E-state index in [0.29, 0.717) is 18.3 Å². The molecule has 0 aromatic heterocycles. The molecule has 0 amide bonds. The number of rotatable bonds is 3. The summed E-state index contributed by atoms with van der Waals surface area (Å²) in [4.78, 5) is 12.8. The SMILES string of the molecule is CC1CCN(Cc2cccc([N+](=O)[O-])c2N)C(C)C1. The molecule has 1 aliphatic rings. The summed E-state index contributed by atoms with van der Waals surface area (Å²) in [6, 6.07) is 5.55. The normalized spacial score (nSPS) is 24.3. The number of benzene rings is 1. The molecule has 2 N–H and O–H groups in total. The predicted octanol–water partition coefficient (Wildman–Crippen LogP) is 2.80. The fourth-order valence-electron chi connectivity index (χ4n) is 2.81. The van der Waals surface area contributed by atoms with E-state index in [1.54, 1.807) is 6.07 Å². The maximum Gasteiger partial charge on any atom is 0.292 e. The molecule has 0 saturated carbocycles. The average Bonchev–Trinajstić information content (AvgIpc) is 2.34. The second kappa shape index (κ2) is 5.57. The zero-order valence-corrected chi connectivity index (χ0v) is 11.5. The van der Waals surface area contributed by atoms with Gasteiger partial charge in [-0.3, -0.25) is 15.0 Å². The summed E-state index contributed by atoms with van der Waals surface area (Å²) < 4.78 is 0. The molecular weight excluding hydrogens is 242 g/mol. The number of nitrogens with zero attached hydrogens (tertiary/aromatic N) is 2. The first-order valence-electron chi connectivity index (χ1n) is 6.75. The van der Waals surface area contributed by atoms with Gasteiger partial charge in [-0.1, -0.05) is 19.1 Å². The van der Waals surface area contributed by atoms with Gasteiger partial charge in [-0.25, -0.2) is 0 Å². The molecule has 19 heavy (non-hydrogen) atoms. The third-order valence-corrected chi connectivity index (χ3v) is 4.02. The van der Waals surface area contributed by atoms with Crippen molar-refractivity contribution in [1.82, 2.24) is 4.90 Å². The van der Waals surface area contributed by atoms with Gasteiger partial charge in [0.2, 0.25) is 0 Å². The van der Waals surface area contributed by atoms with Crippen molar-refractivity contribution in [3.05, 3.63) is 33.9 Å². The molecule has 1 saturated heterocycles. The van der Waals surface area contributed by atoms with Crippen LogP contribution in [0.25, 0.3) is 0 Å². The van der Waals surface area contributed by atoms with Crippen molar-refractivity contribution in [3.8, 4) is 0 Å². The first-order valence-corrected chi connectivity index (χ1v) is 6.75. The van der Waals surface area contributed by atoms with Crippen LogP contribution >= 0.6 is 0 Å². The fraction of sp³-hybridized carbons (Fsp3) is 0.571. The summed E-state index contributed by atoms with van der Waals surface area (Å²) >= 11 is 0. The van der Waals surface area contributed by atoms with Crippen LogP contribution in [0.3, 0.4) is 0 Å². The Labute approximate surface area is 113 Å². The van der Waals surface area contributed by atoms with Gasteiger partial charge in [0, 0.05) is 18.7 Å². The maximum absolute atomic E-state index is 10.9. The Morgan fingerprint density at radius 1 is 1.47 bits per heavy atom. The van der Waals surface area contributed by atoms with Crippen molar-refractivity contribution in [2.75, 3.05) is 12.3 Å². The van der Waals surface area contributed by atoms with Gasteiger partial charge in [-0.2, -0.15) is 0 Å². The summed E-state index contributed by atoms with van der Waals surface area (Å²) in [7, 11) is 0. The summed E-state index contributed by atoms with van der Waals surface area (Å²) in [6.07, 6.45) is 2.36. The van der Waals surface area contributed by atoms with Crippen molar-refractivity contribution in [2.24, 2.45) is 5.92 Å². The van der Waals surface area contributed by atoms with E-state index in [0.717, 1.165) is 18.0 Å². The lowest BCUT2D eigenvalue weighted by Crippen LogP contribution is -2.39. The number of nitro groups is 1. The van der Waals surface area contributed by atoms with Crippen molar-refractivity contribution < 1.29 is 4.92 Å². The monoisotopic (exact) mass is 263 g/mol. The van der Waals surface area contributed by atoms with E-state index in [2.05, 4.69) is 18.7 Å². The highest BCUT2D eigenvalue weighted by Crippen LogP contribution is 2.29. The zero-order valence-electron chi connectivity index (χ0n) is 11.5. The summed E-state index contributed by atoms with van der Waals surface area (Å²) in [5.41, 5.74) is 7.08.